The molecule has 0 aromatic rings. The van der Waals surface area contributed by atoms with Crippen LogP contribution in [-0.4, -0.2) is 54.2 Å². The Labute approximate surface area is 103 Å². The zero-order valence-electron chi connectivity index (χ0n) is 9.34. The van der Waals surface area contributed by atoms with Crippen molar-refractivity contribution in [3.63, 3.8) is 0 Å². The number of carboxylic acids is 1. The topological polar surface area (TPSA) is 76.1 Å². The molecule has 7 heteroatoms. The van der Waals surface area contributed by atoms with E-state index in [0.29, 0.717) is 24.5 Å². The number of fused-ring (bicyclic) bond motifs is 1. The van der Waals surface area contributed by atoms with E-state index in [1.165, 1.54) is 16.7 Å². The van der Waals surface area contributed by atoms with Crippen molar-refractivity contribution in [3.05, 3.63) is 10.6 Å². The molecule has 17 heavy (non-hydrogen) atoms. The van der Waals surface area contributed by atoms with Gasteiger partial charge in [-0.2, -0.15) is 0 Å². The summed E-state index contributed by atoms with van der Waals surface area (Å²) in [5, 5.41) is 9.03. The first-order chi connectivity index (χ1) is 8.15. The van der Waals surface area contributed by atoms with Gasteiger partial charge in [0.25, 0.3) is 0 Å². The molecule has 1 amide bonds. The molecule has 1 N–H and O–H groups in total. The lowest BCUT2D eigenvalue weighted by atomic mass is 10.1. The molecule has 0 aromatic carbocycles. The lowest BCUT2D eigenvalue weighted by Gasteiger charge is -2.33. The van der Waals surface area contributed by atoms with Crippen molar-refractivity contribution in [1.29, 1.82) is 0 Å². The number of amides is 1. The van der Waals surface area contributed by atoms with Gasteiger partial charge in [0.05, 0.1) is 31.6 Å². The second kappa shape index (κ2) is 5.07. The summed E-state index contributed by atoms with van der Waals surface area (Å²) in [4.78, 5) is 24.3. The number of methoxy groups -OCH3 is 1. The first-order valence-corrected chi connectivity index (χ1v) is 6.05. The maximum atomic E-state index is 11.3. The predicted octanol–water partition coefficient (Wildman–Crippen LogP) is 0.251. The minimum absolute atomic E-state index is 0.0466. The Morgan fingerprint density at radius 1 is 1.59 bits per heavy atom. The molecule has 94 valence electrons. The number of β-lactam (4-membered cyclic amide) rings is 1. The van der Waals surface area contributed by atoms with Crippen molar-refractivity contribution in [1.82, 2.24) is 4.90 Å². The van der Waals surface area contributed by atoms with Gasteiger partial charge < -0.3 is 14.6 Å². The van der Waals surface area contributed by atoms with Crippen molar-refractivity contribution < 1.29 is 24.2 Å². The second-order valence-corrected chi connectivity index (χ2v) is 4.94. The van der Waals surface area contributed by atoms with E-state index in [1.807, 2.05) is 0 Å². The van der Waals surface area contributed by atoms with E-state index < -0.39 is 5.97 Å². The number of carbonyl (C=O) groups excluding carboxylic acids is 1. The molecule has 2 aliphatic heterocycles. The van der Waals surface area contributed by atoms with Crippen LogP contribution in [0.5, 0.6) is 0 Å². The summed E-state index contributed by atoms with van der Waals surface area (Å²) in [7, 11) is 1.57. The van der Waals surface area contributed by atoms with Crippen LogP contribution < -0.4 is 0 Å². The lowest BCUT2D eigenvalue weighted by molar-refractivity contribution is -0.145. The first-order valence-electron chi connectivity index (χ1n) is 5.17. The predicted molar refractivity (Wildman–Crippen MR) is 60.2 cm³/mol. The van der Waals surface area contributed by atoms with Crippen LogP contribution in [0.2, 0.25) is 0 Å². The van der Waals surface area contributed by atoms with Gasteiger partial charge in [0.2, 0.25) is 5.91 Å². The van der Waals surface area contributed by atoms with Gasteiger partial charge in [-0.05, 0) is 0 Å². The second-order valence-electron chi connectivity index (χ2n) is 3.66. The van der Waals surface area contributed by atoms with E-state index in [4.69, 9.17) is 14.6 Å². The largest absolute Gasteiger partial charge is 0.477 e. The average molecular weight is 259 g/mol. The smallest absolute Gasteiger partial charge is 0.353 e. The molecular formula is C10H13NO5S. The van der Waals surface area contributed by atoms with Gasteiger partial charge in [-0.1, -0.05) is 11.8 Å². The van der Waals surface area contributed by atoms with Crippen LogP contribution in [0.3, 0.4) is 0 Å². The Balaban J connectivity index is 1.99. The first kappa shape index (κ1) is 12.4. The summed E-state index contributed by atoms with van der Waals surface area (Å²) in [6.45, 7) is 1.09. The highest BCUT2D eigenvalue weighted by atomic mass is 32.2. The van der Waals surface area contributed by atoms with Gasteiger partial charge in [0.1, 0.15) is 5.70 Å². The Bertz CT molecular complexity index is 381. The molecular weight excluding hydrogens is 246 g/mol. The van der Waals surface area contributed by atoms with E-state index in [-0.39, 0.29) is 23.6 Å². The molecule has 0 aromatic heterocycles. The summed E-state index contributed by atoms with van der Waals surface area (Å²) in [5.41, 5.74) is 0.0775. The van der Waals surface area contributed by atoms with Gasteiger partial charge in [-0.25, -0.2) is 4.79 Å². The fourth-order valence-electron chi connectivity index (χ4n) is 1.74. The quantitative estimate of drug-likeness (QED) is 0.544. The zero-order valence-corrected chi connectivity index (χ0v) is 10.2. The fraction of sp³-hybridized carbons (Fsp3) is 0.600. The van der Waals surface area contributed by atoms with Crippen LogP contribution in [0.15, 0.2) is 10.6 Å². The SMILES string of the molecule is COCCOCC1=C(C(=O)O)N2C(=O)CC2S1. The third-order valence-electron chi connectivity index (χ3n) is 2.56. The molecule has 0 bridgehead atoms. The maximum absolute atomic E-state index is 11.3. The van der Waals surface area contributed by atoms with Gasteiger partial charge >= 0.3 is 5.97 Å². The standard InChI is InChI=1S/C10H13NO5S/c1-15-2-3-16-5-6-9(10(13)14)11-7(12)4-8(11)17-6/h8H,2-5H2,1H3,(H,13,14). The van der Waals surface area contributed by atoms with Gasteiger partial charge in [-0.3, -0.25) is 9.69 Å². The van der Waals surface area contributed by atoms with Crippen LogP contribution in [0.25, 0.3) is 0 Å². The Kier molecular flexibility index (Phi) is 3.70. The van der Waals surface area contributed by atoms with Gasteiger partial charge in [-0.15, -0.1) is 0 Å². The molecule has 1 saturated heterocycles. The highest BCUT2D eigenvalue weighted by Gasteiger charge is 2.48. The van der Waals surface area contributed by atoms with Crippen LogP contribution in [0, 0.1) is 0 Å². The minimum Gasteiger partial charge on any atom is -0.477 e. The van der Waals surface area contributed by atoms with E-state index >= 15 is 0 Å². The number of nitrogens with zero attached hydrogens (tertiary/aromatic N) is 1. The molecule has 0 saturated carbocycles. The number of rotatable bonds is 6. The van der Waals surface area contributed by atoms with Crippen molar-refractivity contribution in [2.75, 3.05) is 26.9 Å². The Morgan fingerprint density at radius 3 is 2.94 bits per heavy atom. The summed E-state index contributed by atoms with van der Waals surface area (Å²) >= 11 is 1.40. The monoisotopic (exact) mass is 259 g/mol. The Morgan fingerprint density at radius 2 is 2.35 bits per heavy atom. The summed E-state index contributed by atoms with van der Waals surface area (Å²) in [6, 6.07) is 0. The third-order valence-corrected chi connectivity index (χ3v) is 3.80. The fourth-order valence-corrected chi connectivity index (χ4v) is 3.07. The molecule has 0 spiro atoms. The molecule has 2 rings (SSSR count). The molecule has 0 aliphatic carbocycles. The molecule has 1 unspecified atom stereocenters. The molecule has 2 heterocycles. The van der Waals surface area contributed by atoms with Crippen LogP contribution >= 0.6 is 11.8 Å². The van der Waals surface area contributed by atoms with Crippen LogP contribution in [0.4, 0.5) is 0 Å². The van der Waals surface area contributed by atoms with Crippen LogP contribution in [0.1, 0.15) is 6.42 Å². The van der Waals surface area contributed by atoms with Gasteiger partial charge in [0, 0.05) is 12.0 Å². The van der Waals surface area contributed by atoms with E-state index in [0.717, 1.165) is 0 Å². The number of hydrogen-bond donors (Lipinski definition) is 1. The minimum atomic E-state index is -1.07. The van der Waals surface area contributed by atoms with Crippen molar-refractivity contribution in [2.24, 2.45) is 0 Å². The molecule has 2 aliphatic rings. The number of hydrogen-bond acceptors (Lipinski definition) is 5. The zero-order chi connectivity index (χ0) is 12.4. The van der Waals surface area contributed by atoms with Crippen molar-refractivity contribution >= 4 is 23.6 Å². The molecule has 0 radical (unpaired) electrons. The number of carboxylic acid groups (broad SMARTS) is 1. The maximum Gasteiger partial charge on any atom is 0.353 e. The number of ether oxygens (including phenoxy) is 2. The van der Waals surface area contributed by atoms with Crippen LogP contribution in [-0.2, 0) is 19.1 Å². The highest BCUT2D eigenvalue weighted by Crippen LogP contribution is 2.45. The van der Waals surface area contributed by atoms with E-state index in [2.05, 4.69) is 0 Å². The number of thioether (sulfide) groups is 1. The number of aliphatic carboxylic acids is 1. The lowest BCUT2D eigenvalue weighted by Crippen LogP contribution is -2.48. The van der Waals surface area contributed by atoms with Gasteiger partial charge in [0.15, 0.2) is 0 Å². The molecule has 6 nitrogen and oxygen atoms in total. The number of carbonyl (C=O) groups is 2. The highest BCUT2D eigenvalue weighted by molar-refractivity contribution is 8.04. The Hall–Kier alpha value is -1.05. The summed E-state index contributed by atoms with van der Waals surface area (Å²) in [5.74, 6) is -1.20. The van der Waals surface area contributed by atoms with E-state index in [1.54, 1.807) is 7.11 Å². The summed E-state index contributed by atoms with van der Waals surface area (Å²) < 4.78 is 10.1. The normalized spacial score (nSPS) is 22.8. The van der Waals surface area contributed by atoms with E-state index in [9.17, 15) is 9.59 Å². The average Bonchev–Trinajstić information content (AvgIpc) is 2.57. The van der Waals surface area contributed by atoms with Crippen molar-refractivity contribution in [2.45, 2.75) is 11.8 Å². The molecule has 1 fully saturated rings. The van der Waals surface area contributed by atoms with Crippen molar-refractivity contribution in [3.8, 4) is 0 Å². The molecule has 1 atom stereocenters. The summed E-state index contributed by atoms with van der Waals surface area (Å²) in [6.07, 6.45) is 0.406. The third kappa shape index (κ3) is 2.31.